The number of rotatable bonds is 4. The summed E-state index contributed by atoms with van der Waals surface area (Å²) >= 11 is 5.61. The van der Waals surface area contributed by atoms with Gasteiger partial charge in [-0.05, 0) is 13.8 Å². The van der Waals surface area contributed by atoms with Gasteiger partial charge in [-0.25, -0.2) is 13.8 Å². The number of hydrogen-bond acceptors (Lipinski definition) is 2. The fourth-order valence-corrected chi connectivity index (χ4v) is 1.50. The summed E-state index contributed by atoms with van der Waals surface area (Å²) < 4.78 is 26.0. The molecule has 0 unspecified atom stereocenters. The molecule has 0 aliphatic rings. The molecule has 0 N–H and O–H groups in total. The van der Waals surface area contributed by atoms with Crippen LogP contribution in [0.5, 0.6) is 0 Å². The number of alkyl halides is 1. The van der Waals surface area contributed by atoms with Crippen molar-refractivity contribution in [3.63, 3.8) is 0 Å². The van der Waals surface area contributed by atoms with E-state index in [0.29, 0.717) is 12.4 Å². The van der Waals surface area contributed by atoms with E-state index < -0.39 is 11.6 Å². The number of pyridine rings is 1. The fourth-order valence-electron chi connectivity index (χ4n) is 1.32. The van der Waals surface area contributed by atoms with Gasteiger partial charge < -0.3 is 4.90 Å². The van der Waals surface area contributed by atoms with Gasteiger partial charge >= 0.3 is 0 Å². The van der Waals surface area contributed by atoms with Gasteiger partial charge in [0.05, 0.1) is 6.20 Å². The van der Waals surface area contributed by atoms with Crippen molar-refractivity contribution in [1.82, 2.24) is 4.98 Å². The van der Waals surface area contributed by atoms with Gasteiger partial charge in [0, 0.05) is 24.5 Å². The zero-order valence-corrected chi connectivity index (χ0v) is 9.43. The lowest BCUT2D eigenvalue weighted by Gasteiger charge is -2.27. The average molecular weight is 235 g/mol. The zero-order chi connectivity index (χ0) is 11.4. The lowest BCUT2D eigenvalue weighted by Crippen LogP contribution is -2.34. The van der Waals surface area contributed by atoms with Crippen molar-refractivity contribution in [2.45, 2.75) is 19.9 Å². The van der Waals surface area contributed by atoms with Crippen molar-refractivity contribution < 1.29 is 8.78 Å². The fraction of sp³-hybridized carbons (Fsp3) is 0.500. The summed E-state index contributed by atoms with van der Waals surface area (Å²) in [5, 5.41) is 0. The lowest BCUT2D eigenvalue weighted by molar-refractivity contribution is 0.560. The van der Waals surface area contributed by atoms with E-state index in [9.17, 15) is 8.78 Å². The summed E-state index contributed by atoms with van der Waals surface area (Å²) in [4.78, 5) is 5.43. The molecule has 0 saturated carbocycles. The number of halogens is 3. The summed E-state index contributed by atoms with van der Waals surface area (Å²) in [6, 6.07) is 0.891. The van der Waals surface area contributed by atoms with Crippen LogP contribution in [0.1, 0.15) is 13.8 Å². The molecule has 1 rings (SSSR count). The summed E-state index contributed by atoms with van der Waals surface area (Å²) in [5.74, 6) is -0.817. The topological polar surface area (TPSA) is 16.1 Å². The molecule has 0 amide bonds. The first kappa shape index (κ1) is 12.2. The molecular formula is C10H13ClF2N2. The van der Waals surface area contributed by atoms with Crippen LogP contribution in [0.3, 0.4) is 0 Å². The van der Waals surface area contributed by atoms with Crippen LogP contribution in [-0.2, 0) is 0 Å². The molecule has 15 heavy (non-hydrogen) atoms. The van der Waals surface area contributed by atoms with E-state index in [2.05, 4.69) is 4.98 Å². The predicted octanol–water partition coefficient (Wildman–Crippen LogP) is 2.81. The van der Waals surface area contributed by atoms with Crippen LogP contribution >= 0.6 is 11.6 Å². The van der Waals surface area contributed by atoms with Crippen LogP contribution in [0, 0.1) is 11.6 Å². The number of hydrogen-bond donors (Lipinski definition) is 0. The first-order valence-corrected chi connectivity index (χ1v) is 5.23. The van der Waals surface area contributed by atoms with Gasteiger partial charge in [-0.1, -0.05) is 0 Å². The third-order valence-electron chi connectivity index (χ3n) is 2.01. The van der Waals surface area contributed by atoms with Crippen molar-refractivity contribution in [2.24, 2.45) is 0 Å². The van der Waals surface area contributed by atoms with Crippen molar-refractivity contribution in [1.29, 1.82) is 0 Å². The average Bonchev–Trinajstić information content (AvgIpc) is 2.15. The second-order valence-electron chi connectivity index (χ2n) is 3.44. The van der Waals surface area contributed by atoms with Crippen LogP contribution in [-0.4, -0.2) is 23.5 Å². The van der Waals surface area contributed by atoms with Crippen molar-refractivity contribution in [3.8, 4) is 0 Å². The van der Waals surface area contributed by atoms with E-state index in [1.807, 2.05) is 13.8 Å². The molecule has 84 valence electrons. The van der Waals surface area contributed by atoms with Gasteiger partial charge in [0.25, 0.3) is 0 Å². The maximum absolute atomic E-state index is 13.4. The first-order chi connectivity index (χ1) is 7.06. The van der Waals surface area contributed by atoms with E-state index in [1.54, 1.807) is 4.90 Å². The molecule has 0 atom stereocenters. The Morgan fingerprint density at radius 2 is 2.13 bits per heavy atom. The smallest absolute Gasteiger partial charge is 0.168 e. The molecule has 1 aromatic heterocycles. The maximum atomic E-state index is 13.4. The third kappa shape index (κ3) is 3.02. The third-order valence-corrected chi connectivity index (χ3v) is 2.18. The molecule has 0 aliphatic carbocycles. The molecule has 1 heterocycles. The Hall–Kier alpha value is -0.900. The Bertz CT molecular complexity index is 331. The lowest BCUT2D eigenvalue weighted by atomic mass is 10.3. The molecular weight excluding hydrogens is 222 g/mol. The van der Waals surface area contributed by atoms with E-state index in [0.717, 1.165) is 12.3 Å². The summed E-state index contributed by atoms with van der Waals surface area (Å²) in [6.45, 7) is 4.28. The minimum absolute atomic E-state index is 0.0659. The minimum Gasteiger partial charge on any atom is -0.351 e. The largest absolute Gasteiger partial charge is 0.351 e. The van der Waals surface area contributed by atoms with Gasteiger partial charge in [0.1, 0.15) is 5.82 Å². The van der Waals surface area contributed by atoms with Gasteiger partial charge in [0.15, 0.2) is 11.6 Å². The normalized spacial score (nSPS) is 10.8. The predicted molar refractivity (Wildman–Crippen MR) is 57.4 cm³/mol. The monoisotopic (exact) mass is 234 g/mol. The summed E-state index contributed by atoms with van der Waals surface area (Å²) in [6.07, 6.45) is 1.00. The Labute approximate surface area is 92.9 Å². The molecule has 0 spiro atoms. The molecule has 0 radical (unpaired) electrons. The van der Waals surface area contributed by atoms with E-state index in [4.69, 9.17) is 11.6 Å². The van der Waals surface area contributed by atoms with Gasteiger partial charge in [-0.2, -0.15) is 0 Å². The summed E-state index contributed by atoms with van der Waals surface area (Å²) in [5.41, 5.74) is 0. The highest BCUT2D eigenvalue weighted by molar-refractivity contribution is 6.18. The van der Waals surface area contributed by atoms with Crippen molar-refractivity contribution in [2.75, 3.05) is 17.3 Å². The minimum atomic E-state index is -0.675. The Kier molecular flexibility index (Phi) is 4.27. The molecule has 0 bridgehead atoms. The Morgan fingerprint density at radius 3 is 2.60 bits per heavy atom. The molecule has 5 heteroatoms. The Balaban J connectivity index is 3.00. The highest BCUT2D eigenvalue weighted by atomic mass is 35.5. The highest BCUT2D eigenvalue weighted by Gasteiger charge is 2.16. The van der Waals surface area contributed by atoms with Crippen LogP contribution in [0.2, 0.25) is 0 Å². The molecule has 0 saturated heterocycles. The second kappa shape index (κ2) is 5.26. The first-order valence-electron chi connectivity index (χ1n) is 4.70. The van der Waals surface area contributed by atoms with Gasteiger partial charge in [-0.15, -0.1) is 11.6 Å². The summed E-state index contributed by atoms with van der Waals surface area (Å²) in [7, 11) is 0. The zero-order valence-electron chi connectivity index (χ0n) is 8.67. The second-order valence-corrected chi connectivity index (χ2v) is 3.81. The highest BCUT2D eigenvalue weighted by Crippen LogP contribution is 2.18. The van der Waals surface area contributed by atoms with Gasteiger partial charge in [-0.3, -0.25) is 0 Å². The number of aromatic nitrogens is 1. The molecule has 0 aromatic carbocycles. The van der Waals surface area contributed by atoms with E-state index in [1.165, 1.54) is 0 Å². The number of nitrogens with zero attached hydrogens (tertiary/aromatic N) is 2. The van der Waals surface area contributed by atoms with Crippen LogP contribution in [0.4, 0.5) is 14.6 Å². The number of anilines is 1. The van der Waals surface area contributed by atoms with Crippen molar-refractivity contribution >= 4 is 17.4 Å². The Morgan fingerprint density at radius 1 is 1.47 bits per heavy atom. The van der Waals surface area contributed by atoms with Gasteiger partial charge in [0.2, 0.25) is 0 Å². The molecule has 2 nitrogen and oxygen atoms in total. The van der Waals surface area contributed by atoms with Crippen LogP contribution in [0.15, 0.2) is 12.3 Å². The quantitative estimate of drug-likeness (QED) is 0.745. The molecule has 0 aliphatic heterocycles. The van der Waals surface area contributed by atoms with Crippen LogP contribution < -0.4 is 4.90 Å². The van der Waals surface area contributed by atoms with E-state index in [-0.39, 0.29) is 11.9 Å². The SMILES string of the molecule is CC(C)N(CCCl)c1ncc(F)cc1F. The maximum Gasteiger partial charge on any atom is 0.168 e. The van der Waals surface area contributed by atoms with Crippen molar-refractivity contribution in [3.05, 3.63) is 23.9 Å². The standard InChI is InChI=1S/C10H13ClF2N2/c1-7(2)15(4-3-11)10-9(13)5-8(12)6-14-10/h5-7H,3-4H2,1-2H3. The molecule has 1 aromatic rings. The van der Waals surface area contributed by atoms with E-state index >= 15 is 0 Å². The molecule has 0 fully saturated rings. The van der Waals surface area contributed by atoms with Crippen LogP contribution in [0.25, 0.3) is 0 Å².